The summed E-state index contributed by atoms with van der Waals surface area (Å²) < 4.78 is 0. The highest BCUT2D eigenvalue weighted by Gasteiger charge is 2.49. The van der Waals surface area contributed by atoms with E-state index >= 15 is 0 Å². The summed E-state index contributed by atoms with van der Waals surface area (Å²) in [5, 5.41) is 7.75. The number of carbonyl (C=O) groups is 2. The topological polar surface area (TPSA) is 74.0 Å². The Labute approximate surface area is 223 Å². The van der Waals surface area contributed by atoms with Crippen LogP contribution in [0.2, 0.25) is 0 Å². The number of hydrogen-bond donors (Lipinski definition) is 3. The first-order valence-electron chi connectivity index (χ1n) is 13.8. The largest absolute Gasteiger partial charge is 0.361 e. The van der Waals surface area contributed by atoms with Gasteiger partial charge in [0.05, 0.1) is 0 Å². The van der Waals surface area contributed by atoms with Gasteiger partial charge in [-0.1, -0.05) is 60.3 Å². The average Bonchev–Trinajstić information content (AvgIpc) is 3.29. The van der Waals surface area contributed by atoms with E-state index in [9.17, 15) is 9.59 Å². The summed E-state index contributed by atoms with van der Waals surface area (Å²) in [5.41, 5.74) is 2.22. The van der Waals surface area contributed by atoms with Crippen molar-refractivity contribution >= 4 is 33.8 Å². The molecule has 0 spiro atoms. The van der Waals surface area contributed by atoms with E-state index in [4.69, 9.17) is 0 Å². The molecule has 1 unspecified atom stereocenters. The molecule has 1 aromatic heterocycles. The van der Waals surface area contributed by atoms with Crippen LogP contribution in [0, 0.1) is 23.7 Å². The first-order valence-corrected chi connectivity index (χ1v) is 14.7. The van der Waals surface area contributed by atoms with Gasteiger partial charge in [-0.05, 0) is 86.3 Å². The molecule has 4 bridgehead atoms. The van der Waals surface area contributed by atoms with E-state index in [-0.39, 0.29) is 11.1 Å². The Bertz CT molecular complexity index is 1240. The molecule has 37 heavy (non-hydrogen) atoms. The van der Waals surface area contributed by atoms with Crippen LogP contribution >= 0.6 is 11.8 Å². The Hall–Kier alpha value is -2.73. The highest BCUT2D eigenvalue weighted by atomic mass is 32.2. The second kappa shape index (κ2) is 10.2. The van der Waals surface area contributed by atoms with Gasteiger partial charge in [0.1, 0.15) is 5.54 Å². The number of carbonyl (C=O) groups excluding carboxylic acids is 2. The lowest BCUT2D eigenvalue weighted by atomic mass is 9.56. The zero-order valence-corrected chi connectivity index (χ0v) is 22.4. The molecule has 2 amide bonds. The van der Waals surface area contributed by atoms with Crippen molar-refractivity contribution in [1.29, 1.82) is 0 Å². The molecule has 3 N–H and O–H groups in total. The van der Waals surface area contributed by atoms with Gasteiger partial charge in [0.25, 0.3) is 5.24 Å². The van der Waals surface area contributed by atoms with Crippen LogP contribution in [-0.2, 0) is 17.6 Å². The summed E-state index contributed by atoms with van der Waals surface area (Å²) in [6.45, 7) is 2.41. The monoisotopic (exact) mass is 515 g/mol. The summed E-state index contributed by atoms with van der Waals surface area (Å²) >= 11 is 1.48. The van der Waals surface area contributed by atoms with Crippen LogP contribution in [0.4, 0.5) is 4.79 Å². The van der Waals surface area contributed by atoms with Gasteiger partial charge in [-0.2, -0.15) is 0 Å². The van der Waals surface area contributed by atoms with E-state index in [2.05, 4.69) is 33.8 Å². The van der Waals surface area contributed by atoms with Crippen molar-refractivity contribution in [3.63, 3.8) is 0 Å². The number of hydrogen-bond acceptors (Lipinski definition) is 3. The Morgan fingerprint density at radius 3 is 2.35 bits per heavy atom. The minimum absolute atomic E-state index is 0.0574. The zero-order chi connectivity index (χ0) is 25.4. The highest BCUT2D eigenvalue weighted by molar-refractivity contribution is 8.14. The standard InChI is InChI=1S/C31H37N3O2S/c1-31(18-25-19-33-27-10-6-5-9-26(25)27,29(35)32-12-11-20-7-3-2-4-8-20)34-30(36)37-28-23-14-21-13-22(16-23)17-24(28)15-21/h2-10,19,21-24,28,33H,11-18H2,1H3,(H,32,35)(H,34,36). The maximum atomic E-state index is 13.6. The van der Waals surface area contributed by atoms with Gasteiger partial charge in [0.2, 0.25) is 5.91 Å². The van der Waals surface area contributed by atoms with Crippen molar-refractivity contribution in [2.24, 2.45) is 23.7 Å². The van der Waals surface area contributed by atoms with E-state index < -0.39 is 5.54 Å². The normalized spacial score (nSPS) is 27.6. The van der Waals surface area contributed by atoms with Crippen LogP contribution in [0.25, 0.3) is 10.9 Å². The number of para-hydroxylation sites is 1. The molecule has 3 aromatic rings. The fourth-order valence-corrected chi connectivity index (χ4v) is 8.81. The van der Waals surface area contributed by atoms with Crippen LogP contribution in [0.15, 0.2) is 60.8 Å². The third-order valence-corrected chi connectivity index (χ3v) is 10.4. The zero-order valence-electron chi connectivity index (χ0n) is 21.5. The lowest BCUT2D eigenvalue weighted by Crippen LogP contribution is -2.58. The number of thioether (sulfide) groups is 1. The number of rotatable bonds is 8. The molecular weight excluding hydrogens is 478 g/mol. The molecule has 4 saturated carbocycles. The van der Waals surface area contributed by atoms with E-state index in [1.54, 1.807) is 0 Å². The average molecular weight is 516 g/mol. The summed E-state index contributed by atoms with van der Waals surface area (Å²) in [6.07, 6.45) is 9.69. The van der Waals surface area contributed by atoms with Gasteiger partial charge < -0.3 is 15.6 Å². The minimum atomic E-state index is -1.04. The van der Waals surface area contributed by atoms with Crippen molar-refractivity contribution in [1.82, 2.24) is 15.6 Å². The predicted octanol–water partition coefficient (Wildman–Crippen LogP) is 6.10. The second-order valence-electron chi connectivity index (χ2n) is 11.8. The second-order valence-corrected chi connectivity index (χ2v) is 12.9. The smallest absolute Gasteiger partial charge is 0.280 e. The quantitative estimate of drug-likeness (QED) is 0.340. The van der Waals surface area contributed by atoms with Crippen LogP contribution < -0.4 is 10.6 Å². The molecule has 7 rings (SSSR count). The number of nitrogens with one attached hydrogen (secondary N) is 3. The van der Waals surface area contributed by atoms with E-state index in [0.29, 0.717) is 30.1 Å². The highest BCUT2D eigenvalue weighted by Crippen LogP contribution is 2.57. The maximum absolute atomic E-state index is 13.6. The third kappa shape index (κ3) is 5.18. The van der Waals surface area contributed by atoms with Crippen molar-refractivity contribution in [2.75, 3.05) is 6.54 Å². The summed E-state index contributed by atoms with van der Waals surface area (Å²) in [7, 11) is 0. The van der Waals surface area contributed by atoms with Gasteiger partial charge in [0, 0.05) is 35.3 Å². The first kappa shape index (κ1) is 24.6. The number of fused-ring (bicyclic) bond motifs is 1. The molecule has 0 radical (unpaired) electrons. The number of amides is 2. The van der Waals surface area contributed by atoms with Crippen LogP contribution in [0.3, 0.4) is 0 Å². The summed E-state index contributed by atoms with van der Waals surface area (Å²) in [4.78, 5) is 30.5. The number of aromatic nitrogens is 1. The number of aromatic amines is 1. The van der Waals surface area contributed by atoms with Crippen molar-refractivity contribution in [3.05, 3.63) is 71.9 Å². The molecule has 194 valence electrons. The predicted molar refractivity (Wildman–Crippen MR) is 151 cm³/mol. The fraction of sp³-hybridized carbons (Fsp3) is 0.484. The first-order chi connectivity index (χ1) is 18.0. The Morgan fingerprint density at radius 1 is 0.946 bits per heavy atom. The van der Waals surface area contributed by atoms with Gasteiger partial charge in [-0.25, -0.2) is 0 Å². The minimum Gasteiger partial charge on any atom is -0.361 e. The third-order valence-electron chi connectivity index (χ3n) is 9.02. The van der Waals surface area contributed by atoms with E-state index in [0.717, 1.165) is 34.7 Å². The Kier molecular flexibility index (Phi) is 6.78. The molecule has 1 heterocycles. The molecule has 6 heteroatoms. The van der Waals surface area contributed by atoms with Crippen molar-refractivity contribution in [2.45, 2.75) is 62.7 Å². The van der Waals surface area contributed by atoms with Crippen molar-refractivity contribution < 1.29 is 9.59 Å². The fourth-order valence-electron chi connectivity index (χ4n) is 7.45. The number of benzene rings is 2. The van der Waals surface area contributed by atoms with Gasteiger partial charge in [0.15, 0.2) is 0 Å². The molecule has 0 saturated heterocycles. The molecule has 4 aliphatic carbocycles. The molecule has 2 aromatic carbocycles. The van der Waals surface area contributed by atoms with Gasteiger partial charge >= 0.3 is 0 Å². The van der Waals surface area contributed by atoms with Crippen LogP contribution in [-0.4, -0.2) is 33.5 Å². The molecule has 5 nitrogen and oxygen atoms in total. The Balaban J connectivity index is 1.17. The molecule has 0 aliphatic heterocycles. The van der Waals surface area contributed by atoms with Gasteiger partial charge in [-0.15, -0.1) is 0 Å². The molecule has 1 atom stereocenters. The Morgan fingerprint density at radius 2 is 1.62 bits per heavy atom. The van der Waals surface area contributed by atoms with Crippen molar-refractivity contribution in [3.8, 4) is 0 Å². The summed E-state index contributed by atoms with van der Waals surface area (Å²) in [6, 6.07) is 18.3. The van der Waals surface area contributed by atoms with E-state index in [1.807, 2.05) is 49.5 Å². The lowest BCUT2D eigenvalue weighted by Gasteiger charge is -2.53. The van der Waals surface area contributed by atoms with Gasteiger partial charge in [-0.3, -0.25) is 9.59 Å². The molecular formula is C31H37N3O2S. The molecule has 4 fully saturated rings. The van der Waals surface area contributed by atoms with Crippen LogP contribution in [0.1, 0.15) is 50.2 Å². The van der Waals surface area contributed by atoms with Crippen LogP contribution in [0.5, 0.6) is 0 Å². The maximum Gasteiger partial charge on any atom is 0.280 e. The number of H-pyrrole nitrogens is 1. The lowest BCUT2D eigenvalue weighted by molar-refractivity contribution is -0.126. The molecule has 4 aliphatic rings. The van der Waals surface area contributed by atoms with E-state index in [1.165, 1.54) is 49.4 Å². The summed E-state index contributed by atoms with van der Waals surface area (Å²) in [5.74, 6) is 2.95. The SMILES string of the molecule is CC(Cc1c[nH]c2ccccc12)(NC(=O)SC1C2CC3CC(C2)CC1C3)C(=O)NCCc1ccccc1.